The third kappa shape index (κ3) is 3.94. The summed E-state index contributed by atoms with van der Waals surface area (Å²) >= 11 is 0. The van der Waals surface area contributed by atoms with Crippen LogP contribution in [-0.2, 0) is 14.3 Å². The molecular weight excluding hydrogens is 336 g/mol. The number of β-amino-alcohol motifs (C(OH)–C–C–N with tert-alkyl or cyclic N) is 1. The molecule has 1 aliphatic carbocycles. The van der Waals surface area contributed by atoms with Crippen molar-refractivity contribution in [2.75, 3.05) is 18.5 Å². The average Bonchev–Trinajstić information content (AvgIpc) is 2.91. The molecule has 0 unspecified atom stereocenters. The predicted molar refractivity (Wildman–Crippen MR) is 94.2 cm³/mol. The zero-order valence-corrected chi connectivity index (χ0v) is 14.4. The lowest BCUT2D eigenvalue weighted by Gasteiger charge is -2.22. The fourth-order valence-corrected chi connectivity index (χ4v) is 3.22. The molecule has 0 bridgehead atoms. The summed E-state index contributed by atoms with van der Waals surface area (Å²) in [7, 11) is 0. The van der Waals surface area contributed by atoms with Gasteiger partial charge in [0.2, 0.25) is 0 Å². The fourth-order valence-electron chi connectivity index (χ4n) is 3.22. The van der Waals surface area contributed by atoms with Crippen LogP contribution in [0.25, 0.3) is 0 Å². The quantitative estimate of drug-likeness (QED) is 0.595. The van der Waals surface area contributed by atoms with Crippen molar-refractivity contribution in [2.45, 2.75) is 38.2 Å². The van der Waals surface area contributed by atoms with Crippen LogP contribution in [0.2, 0.25) is 0 Å². The Kier molecular flexibility index (Phi) is 5.68. The lowest BCUT2D eigenvalue weighted by molar-refractivity contribution is -0.137. The number of aliphatic hydroxyl groups is 1. The largest absolute Gasteiger partial charge is 0.459 e. The molecule has 7 nitrogen and oxygen atoms in total. The van der Waals surface area contributed by atoms with Gasteiger partial charge in [-0.3, -0.25) is 14.5 Å². The van der Waals surface area contributed by atoms with Gasteiger partial charge in [-0.05, 0) is 37.8 Å². The van der Waals surface area contributed by atoms with Gasteiger partial charge >= 0.3 is 5.97 Å². The Hall–Kier alpha value is -2.67. The number of nitrogens with one attached hydrogen (secondary N) is 1. The first kappa shape index (κ1) is 18.1. The minimum Gasteiger partial charge on any atom is -0.459 e. The highest BCUT2D eigenvalue weighted by molar-refractivity contribution is 6.17. The average molecular weight is 358 g/mol. The van der Waals surface area contributed by atoms with Gasteiger partial charge in [0, 0.05) is 6.08 Å². The number of aliphatic hydroxyl groups excluding tert-OH is 1. The number of imide groups is 1. The number of benzene rings is 1. The Morgan fingerprint density at radius 2 is 1.92 bits per heavy atom. The molecule has 7 heteroatoms. The lowest BCUT2D eigenvalue weighted by Crippen LogP contribution is -2.34. The lowest BCUT2D eigenvalue weighted by atomic mass is 9.98. The van der Waals surface area contributed by atoms with Crippen LogP contribution in [0.5, 0.6) is 0 Å². The summed E-state index contributed by atoms with van der Waals surface area (Å²) in [6.07, 6.45) is 6.12. The number of rotatable bonds is 6. The minimum absolute atomic E-state index is 0.0648. The number of hydrogen-bond donors (Lipinski definition) is 2. The molecule has 3 rings (SSSR count). The zero-order chi connectivity index (χ0) is 18.5. The monoisotopic (exact) mass is 358 g/mol. The maximum Gasteiger partial charge on any atom is 0.340 e. The van der Waals surface area contributed by atoms with E-state index in [9.17, 15) is 14.4 Å². The van der Waals surface area contributed by atoms with Crippen LogP contribution >= 0.6 is 0 Å². The second kappa shape index (κ2) is 8.14. The first-order chi connectivity index (χ1) is 12.6. The molecule has 1 heterocycles. The summed E-state index contributed by atoms with van der Waals surface area (Å²) in [6, 6.07) is 6.73. The normalized spacial score (nSPS) is 18.0. The van der Waals surface area contributed by atoms with Crippen LogP contribution in [0, 0.1) is 0 Å². The van der Waals surface area contributed by atoms with Gasteiger partial charge < -0.3 is 15.2 Å². The molecule has 1 fully saturated rings. The summed E-state index contributed by atoms with van der Waals surface area (Å²) in [5.41, 5.74) is 0.799. The van der Waals surface area contributed by atoms with Gasteiger partial charge in [-0.15, -0.1) is 0 Å². The van der Waals surface area contributed by atoms with Gasteiger partial charge in [-0.25, -0.2) is 4.79 Å². The van der Waals surface area contributed by atoms with Crippen LogP contribution in [0.1, 0.15) is 42.5 Å². The molecule has 2 amide bonds. The summed E-state index contributed by atoms with van der Waals surface area (Å²) in [5.74, 6) is -1.46. The third-order valence-corrected chi connectivity index (χ3v) is 4.58. The minimum atomic E-state index is -0.528. The Balaban J connectivity index is 1.73. The number of para-hydroxylation sites is 1. The van der Waals surface area contributed by atoms with Gasteiger partial charge in [-0.2, -0.15) is 0 Å². The summed E-state index contributed by atoms with van der Waals surface area (Å²) in [5, 5.41) is 11.8. The molecule has 1 aromatic carbocycles. The number of carbonyl (C=O) groups excluding carboxylic acids is 3. The molecule has 26 heavy (non-hydrogen) atoms. The molecule has 0 saturated heterocycles. The van der Waals surface area contributed by atoms with Crippen LogP contribution < -0.4 is 5.32 Å². The van der Waals surface area contributed by atoms with Crippen molar-refractivity contribution < 1.29 is 24.2 Å². The Morgan fingerprint density at radius 1 is 1.19 bits per heavy atom. The van der Waals surface area contributed by atoms with Gasteiger partial charge in [0.25, 0.3) is 11.8 Å². The van der Waals surface area contributed by atoms with Crippen LogP contribution in [-0.4, -0.2) is 47.0 Å². The Bertz CT molecular complexity index is 737. The number of hydrogen-bond acceptors (Lipinski definition) is 6. The van der Waals surface area contributed by atoms with E-state index in [1.165, 1.54) is 12.5 Å². The number of ether oxygens (including phenoxy) is 1. The molecule has 1 saturated carbocycles. The topological polar surface area (TPSA) is 95.9 Å². The molecule has 1 aromatic rings. The predicted octanol–water partition coefficient (Wildman–Crippen LogP) is 1.83. The van der Waals surface area contributed by atoms with E-state index in [1.54, 1.807) is 24.3 Å². The van der Waals surface area contributed by atoms with E-state index in [-0.39, 0.29) is 25.0 Å². The Labute approximate surface area is 151 Å². The van der Waals surface area contributed by atoms with E-state index in [4.69, 9.17) is 9.84 Å². The maximum atomic E-state index is 12.5. The van der Waals surface area contributed by atoms with Crippen LogP contribution in [0.3, 0.4) is 0 Å². The second-order valence-corrected chi connectivity index (χ2v) is 6.41. The van der Waals surface area contributed by atoms with Gasteiger partial charge in [0.15, 0.2) is 0 Å². The molecule has 0 radical (unpaired) electrons. The second-order valence-electron chi connectivity index (χ2n) is 6.41. The summed E-state index contributed by atoms with van der Waals surface area (Å²) in [6.45, 7) is -0.367. The van der Waals surface area contributed by atoms with Crippen LogP contribution in [0.4, 0.5) is 5.69 Å². The van der Waals surface area contributed by atoms with E-state index < -0.39 is 17.8 Å². The van der Waals surface area contributed by atoms with E-state index in [0.717, 1.165) is 30.6 Å². The van der Waals surface area contributed by atoms with Crippen LogP contribution in [0.15, 0.2) is 36.0 Å². The van der Waals surface area contributed by atoms with Gasteiger partial charge in [-0.1, -0.05) is 18.6 Å². The molecule has 0 spiro atoms. The molecule has 2 N–H and O–H groups in total. The van der Waals surface area contributed by atoms with Crippen molar-refractivity contribution in [1.29, 1.82) is 0 Å². The number of esters is 1. The van der Waals surface area contributed by atoms with Crippen molar-refractivity contribution >= 4 is 23.5 Å². The SMILES string of the molecule is O=C(OC1CCCCC1)c1ccccc1NC1=CC(=O)N(CCO)C1=O. The van der Waals surface area contributed by atoms with E-state index in [2.05, 4.69) is 5.32 Å². The van der Waals surface area contributed by atoms with Crippen molar-refractivity contribution in [3.63, 3.8) is 0 Å². The van der Waals surface area contributed by atoms with E-state index in [0.29, 0.717) is 11.3 Å². The Morgan fingerprint density at radius 3 is 2.65 bits per heavy atom. The van der Waals surface area contributed by atoms with E-state index >= 15 is 0 Å². The first-order valence-corrected chi connectivity index (χ1v) is 8.85. The highest BCUT2D eigenvalue weighted by Crippen LogP contribution is 2.25. The number of nitrogens with zero attached hydrogens (tertiary/aromatic N) is 1. The molecule has 0 atom stereocenters. The highest BCUT2D eigenvalue weighted by atomic mass is 16.5. The number of carbonyl (C=O) groups is 3. The molecule has 1 aliphatic heterocycles. The molecular formula is C19H22N2O5. The van der Waals surface area contributed by atoms with E-state index in [1.807, 2.05) is 0 Å². The van der Waals surface area contributed by atoms with Crippen molar-refractivity contribution in [1.82, 2.24) is 4.90 Å². The number of anilines is 1. The maximum absolute atomic E-state index is 12.5. The molecule has 138 valence electrons. The highest BCUT2D eigenvalue weighted by Gasteiger charge is 2.31. The van der Waals surface area contributed by atoms with Crippen molar-refractivity contribution in [3.8, 4) is 0 Å². The number of amides is 2. The van der Waals surface area contributed by atoms with Crippen molar-refractivity contribution in [2.24, 2.45) is 0 Å². The fraction of sp³-hybridized carbons (Fsp3) is 0.421. The van der Waals surface area contributed by atoms with Gasteiger partial charge in [0.05, 0.1) is 24.4 Å². The molecule has 0 aromatic heterocycles. The summed E-state index contributed by atoms with van der Waals surface area (Å²) < 4.78 is 5.60. The van der Waals surface area contributed by atoms with Gasteiger partial charge in [0.1, 0.15) is 11.8 Å². The smallest absolute Gasteiger partial charge is 0.340 e. The zero-order valence-electron chi connectivity index (χ0n) is 14.4. The first-order valence-electron chi connectivity index (χ1n) is 8.85. The third-order valence-electron chi connectivity index (χ3n) is 4.58. The summed E-state index contributed by atoms with van der Waals surface area (Å²) in [4.78, 5) is 37.6. The standard InChI is InChI=1S/C19H22N2O5/c22-11-10-21-17(23)12-16(18(21)24)20-15-9-5-4-8-14(15)19(25)26-13-6-2-1-3-7-13/h4-5,8-9,12-13,20,22H,1-3,6-7,10-11H2. The molecule has 2 aliphatic rings. The van der Waals surface area contributed by atoms with Crippen molar-refractivity contribution in [3.05, 3.63) is 41.6 Å².